The summed E-state index contributed by atoms with van der Waals surface area (Å²) >= 11 is 18.1. The van der Waals surface area contributed by atoms with Gasteiger partial charge in [0.2, 0.25) is 0 Å². The number of nitrogens with zero attached hydrogens (tertiary/aromatic N) is 1. The molecule has 1 N–H and O–H groups in total. The second-order valence-electron chi connectivity index (χ2n) is 3.41. The van der Waals surface area contributed by atoms with Crippen LogP contribution in [0.3, 0.4) is 0 Å². The van der Waals surface area contributed by atoms with E-state index in [0.29, 0.717) is 31.9 Å². The lowest BCUT2D eigenvalue weighted by Gasteiger charge is -2.08. The molecule has 0 unspecified atom stereocenters. The molecular weight excluding hydrogens is 280 g/mol. The van der Waals surface area contributed by atoms with Gasteiger partial charge in [-0.15, -0.1) is 0 Å². The monoisotopic (exact) mass is 287 g/mol. The van der Waals surface area contributed by atoms with Gasteiger partial charge in [0.15, 0.2) is 0 Å². The first-order chi connectivity index (χ1) is 8.13. The molecule has 0 atom stereocenters. The molecule has 0 aliphatic rings. The molecule has 0 bridgehead atoms. The van der Waals surface area contributed by atoms with E-state index in [9.17, 15) is 0 Å². The number of rotatable bonds is 2. The van der Waals surface area contributed by atoms with E-state index >= 15 is 0 Å². The van der Waals surface area contributed by atoms with Crippen LogP contribution in [0.25, 0.3) is 11.3 Å². The fourth-order valence-corrected chi connectivity index (χ4v) is 2.13. The summed E-state index contributed by atoms with van der Waals surface area (Å²) < 4.78 is 0. The Kier molecular flexibility index (Phi) is 3.89. The van der Waals surface area contributed by atoms with Gasteiger partial charge < -0.3 is 5.11 Å². The van der Waals surface area contributed by atoms with E-state index in [-0.39, 0.29) is 6.61 Å². The fraction of sp³-hybridized carbons (Fsp3) is 0.0833. The second kappa shape index (κ2) is 5.23. The molecule has 5 heteroatoms. The van der Waals surface area contributed by atoms with Gasteiger partial charge in [-0.3, -0.25) is 4.98 Å². The van der Waals surface area contributed by atoms with Gasteiger partial charge in [-0.05, 0) is 29.8 Å². The third-order valence-electron chi connectivity index (χ3n) is 2.32. The van der Waals surface area contributed by atoms with Crippen LogP contribution in [0.2, 0.25) is 15.1 Å². The smallest absolute Gasteiger partial charge is 0.0907 e. The summed E-state index contributed by atoms with van der Waals surface area (Å²) in [7, 11) is 0. The molecule has 0 spiro atoms. The van der Waals surface area contributed by atoms with Crippen molar-refractivity contribution in [2.24, 2.45) is 0 Å². The molecule has 1 aromatic carbocycles. The van der Waals surface area contributed by atoms with Gasteiger partial charge in [0, 0.05) is 16.8 Å². The fourth-order valence-electron chi connectivity index (χ4n) is 1.47. The van der Waals surface area contributed by atoms with E-state index in [1.54, 1.807) is 30.5 Å². The van der Waals surface area contributed by atoms with Gasteiger partial charge >= 0.3 is 0 Å². The first kappa shape index (κ1) is 12.7. The summed E-state index contributed by atoms with van der Waals surface area (Å²) in [5.74, 6) is 0. The number of aliphatic hydroxyl groups excluding tert-OH is 1. The van der Waals surface area contributed by atoms with Crippen molar-refractivity contribution in [2.75, 3.05) is 0 Å². The molecule has 0 fully saturated rings. The van der Waals surface area contributed by atoms with Gasteiger partial charge in [0.05, 0.1) is 22.3 Å². The van der Waals surface area contributed by atoms with E-state index in [2.05, 4.69) is 4.98 Å². The third-order valence-corrected chi connectivity index (χ3v) is 3.31. The van der Waals surface area contributed by atoms with E-state index in [1.165, 1.54) is 0 Å². The molecule has 0 amide bonds. The van der Waals surface area contributed by atoms with Crippen LogP contribution in [-0.4, -0.2) is 10.1 Å². The zero-order valence-corrected chi connectivity index (χ0v) is 10.9. The van der Waals surface area contributed by atoms with Gasteiger partial charge in [0.1, 0.15) is 0 Å². The van der Waals surface area contributed by atoms with Crippen molar-refractivity contribution in [3.05, 3.63) is 51.1 Å². The van der Waals surface area contributed by atoms with Crippen molar-refractivity contribution < 1.29 is 5.11 Å². The van der Waals surface area contributed by atoms with Crippen LogP contribution in [0.5, 0.6) is 0 Å². The minimum absolute atomic E-state index is 0.146. The highest BCUT2D eigenvalue weighted by Crippen LogP contribution is 2.34. The lowest BCUT2D eigenvalue weighted by atomic mass is 10.1. The average molecular weight is 289 g/mol. The molecule has 0 radical (unpaired) electrons. The number of hydrogen-bond donors (Lipinski definition) is 1. The Morgan fingerprint density at radius 1 is 1.12 bits per heavy atom. The van der Waals surface area contributed by atoms with Gasteiger partial charge in [-0.2, -0.15) is 0 Å². The van der Waals surface area contributed by atoms with Crippen molar-refractivity contribution in [1.82, 2.24) is 4.98 Å². The molecule has 0 saturated carbocycles. The Hall–Kier alpha value is -0.800. The quantitative estimate of drug-likeness (QED) is 0.898. The summed E-state index contributed by atoms with van der Waals surface area (Å²) in [6.45, 7) is -0.146. The molecule has 0 aliphatic heterocycles. The number of pyridine rings is 1. The molecule has 2 rings (SSSR count). The van der Waals surface area contributed by atoms with Crippen LogP contribution in [0, 0.1) is 0 Å². The molecular formula is C12H8Cl3NO. The molecule has 1 aromatic heterocycles. The van der Waals surface area contributed by atoms with E-state index in [4.69, 9.17) is 39.9 Å². The van der Waals surface area contributed by atoms with Crippen LogP contribution < -0.4 is 0 Å². The minimum Gasteiger partial charge on any atom is -0.392 e. The minimum atomic E-state index is -0.146. The maximum absolute atomic E-state index is 9.14. The van der Waals surface area contributed by atoms with Crippen LogP contribution in [-0.2, 0) is 6.61 Å². The van der Waals surface area contributed by atoms with E-state index < -0.39 is 0 Å². The molecule has 0 saturated heterocycles. The average Bonchev–Trinajstić information content (AvgIpc) is 2.33. The normalized spacial score (nSPS) is 10.6. The SMILES string of the molecule is OCc1ccnc(-c2cc(Cl)ccc2Cl)c1Cl. The number of halogens is 3. The number of hydrogen-bond acceptors (Lipinski definition) is 2. The van der Waals surface area contributed by atoms with Crippen molar-refractivity contribution >= 4 is 34.8 Å². The van der Waals surface area contributed by atoms with Gasteiger partial charge in [0.25, 0.3) is 0 Å². The van der Waals surface area contributed by atoms with Crippen LogP contribution in [0.15, 0.2) is 30.5 Å². The molecule has 0 aliphatic carbocycles. The van der Waals surface area contributed by atoms with Crippen LogP contribution in [0.1, 0.15) is 5.56 Å². The topological polar surface area (TPSA) is 33.1 Å². The first-order valence-corrected chi connectivity index (χ1v) is 5.96. The Bertz CT molecular complexity index is 557. The lowest BCUT2D eigenvalue weighted by Crippen LogP contribution is -1.92. The Morgan fingerprint density at radius 3 is 2.59 bits per heavy atom. The summed E-state index contributed by atoms with van der Waals surface area (Å²) in [4.78, 5) is 4.17. The van der Waals surface area contributed by atoms with Crippen molar-refractivity contribution in [1.29, 1.82) is 0 Å². The Labute approximate surface area is 114 Å². The standard InChI is InChI=1S/C12H8Cl3NO/c13-8-1-2-10(14)9(5-8)12-11(15)7(6-17)3-4-16-12/h1-5,17H,6H2. The number of benzene rings is 1. The van der Waals surface area contributed by atoms with Gasteiger partial charge in [-0.25, -0.2) is 0 Å². The maximum atomic E-state index is 9.14. The summed E-state index contributed by atoms with van der Waals surface area (Å²) in [6.07, 6.45) is 1.57. The highest BCUT2D eigenvalue weighted by atomic mass is 35.5. The zero-order valence-electron chi connectivity index (χ0n) is 8.62. The predicted molar refractivity (Wildman–Crippen MR) is 70.6 cm³/mol. The van der Waals surface area contributed by atoms with Crippen molar-refractivity contribution in [3.8, 4) is 11.3 Å². The van der Waals surface area contributed by atoms with E-state index in [1.807, 2.05) is 0 Å². The summed E-state index contributed by atoms with van der Waals surface area (Å²) in [6, 6.07) is 6.73. The van der Waals surface area contributed by atoms with Crippen LogP contribution in [0.4, 0.5) is 0 Å². The number of aliphatic hydroxyl groups is 1. The highest BCUT2D eigenvalue weighted by molar-refractivity contribution is 6.37. The Morgan fingerprint density at radius 2 is 1.88 bits per heavy atom. The third kappa shape index (κ3) is 2.55. The second-order valence-corrected chi connectivity index (χ2v) is 4.64. The van der Waals surface area contributed by atoms with Gasteiger partial charge in [-0.1, -0.05) is 34.8 Å². The lowest BCUT2D eigenvalue weighted by molar-refractivity contribution is 0.282. The zero-order chi connectivity index (χ0) is 12.4. The maximum Gasteiger partial charge on any atom is 0.0907 e. The molecule has 2 aromatic rings. The largest absolute Gasteiger partial charge is 0.392 e. The summed E-state index contributed by atoms with van der Waals surface area (Å²) in [5.41, 5.74) is 1.78. The van der Waals surface area contributed by atoms with Crippen LogP contribution >= 0.6 is 34.8 Å². The molecule has 88 valence electrons. The molecule has 2 nitrogen and oxygen atoms in total. The Balaban J connectivity index is 2.64. The predicted octanol–water partition coefficient (Wildman–Crippen LogP) is 4.20. The molecule has 1 heterocycles. The highest BCUT2D eigenvalue weighted by Gasteiger charge is 2.12. The van der Waals surface area contributed by atoms with Crippen molar-refractivity contribution in [2.45, 2.75) is 6.61 Å². The number of aromatic nitrogens is 1. The first-order valence-electron chi connectivity index (χ1n) is 4.83. The molecule has 17 heavy (non-hydrogen) atoms. The van der Waals surface area contributed by atoms with E-state index in [0.717, 1.165) is 0 Å². The summed E-state index contributed by atoms with van der Waals surface area (Å²) in [5, 5.41) is 10.6. The van der Waals surface area contributed by atoms with Crippen molar-refractivity contribution in [3.63, 3.8) is 0 Å².